The summed E-state index contributed by atoms with van der Waals surface area (Å²) in [6, 6.07) is 27.9. The van der Waals surface area contributed by atoms with Crippen LogP contribution >= 0.6 is 0 Å². The molecule has 0 radical (unpaired) electrons. The molecule has 0 unspecified atom stereocenters. The van der Waals surface area contributed by atoms with Gasteiger partial charge < -0.3 is 14.6 Å². The van der Waals surface area contributed by atoms with Crippen LogP contribution in [0.15, 0.2) is 97.1 Å². The van der Waals surface area contributed by atoms with Gasteiger partial charge in [-0.05, 0) is 63.9 Å². The lowest BCUT2D eigenvalue weighted by atomic mass is 9.88. The third-order valence-electron chi connectivity index (χ3n) is 11.3. The fraction of sp³-hybridized carbons (Fsp3) is 0.260. The number of benzene rings is 4. The van der Waals surface area contributed by atoms with Crippen molar-refractivity contribution in [1.29, 1.82) is 0 Å². The highest BCUT2D eigenvalue weighted by Gasteiger charge is 2.32. The van der Waals surface area contributed by atoms with Crippen molar-refractivity contribution >= 4 is 18.5 Å². The van der Waals surface area contributed by atoms with Crippen LogP contribution in [-0.4, -0.2) is 57.6 Å². The van der Waals surface area contributed by atoms with Crippen LogP contribution < -0.4 is 0 Å². The number of methoxy groups -OCH3 is 2. The molecule has 4 heterocycles. The lowest BCUT2D eigenvalue weighted by molar-refractivity contribution is 0.112. The minimum absolute atomic E-state index is 0.00294. The molecule has 1 N–H and O–H groups in total. The Kier molecular flexibility index (Phi) is 12.9. The Bertz CT molecular complexity index is 2650. The van der Waals surface area contributed by atoms with E-state index in [4.69, 9.17) is 19.4 Å². The summed E-state index contributed by atoms with van der Waals surface area (Å²) in [6.45, 7) is 9.05. The number of aliphatic hydroxyl groups excluding tert-OH is 1. The lowest BCUT2D eigenvalue weighted by Gasteiger charge is -2.24. The van der Waals surface area contributed by atoms with Crippen LogP contribution in [0.5, 0.6) is 0 Å². The van der Waals surface area contributed by atoms with E-state index in [0.29, 0.717) is 41.0 Å². The van der Waals surface area contributed by atoms with Crippen molar-refractivity contribution in [3.05, 3.63) is 153 Å². The molecule has 0 saturated carbocycles. The number of ether oxygens (including phenoxy) is 2. The van der Waals surface area contributed by atoms with Crippen LogP contribution in [0.25, 0.3) is 44.8 Å². The smallest absolute Gasteiger partial charge is 0.410 e. The molecule has 0 bridgehead atoms. The number of aromatic nitrogens is 2. The number of carbonyl (C=O) groups is 3. The first-order valence-corrected chi connectivity index (χ1v) is 20.4. The van der Waals surface area contributed by atoms with Gasteiger partial charge in [0.2, 0.25) is 0 Å². The number of hydrogen-bond acceptors (Lipinski definition) is 8. The van der Waals surface area contributed by atoms with Crippen LogP contribution in [0.1, 0.15) is 89.1 Å². The molecule has 0 spiro atoms. The van der Waals surface area contributed by atoms with E-state index in [1.165, 1.54) is 38.5 Å². The van der Waals surface area contributed by atoms with Crippen molar-refractivity contribution in [3.63, 3.8) is 0 Å². The number of rotatable bonds is 6. The van der Waals surface area contributed by atoms with E-state index in [1.54, 1.807) is 34.1 Å². The zero-order valence-electron chi connectivity index (χ0n) is 35.5. The van der Waals surface area contributed by atoms with E-state index in [9.17, 15) is 28.3 Å². The second-order valence-corrected chi connectivity index (χ2v) is 15.9. The van der Waals surface area contributed by atoms with E-state index >= 15 is 0 Å². The average molecular weight is 839 g/mol. The monoisotopic (exact) mass is 838 g/mol. The highest BCUT2D eigenvalue weighted by molar-refractivity contribution is 5.94. The number of amides is 2. The fourth-order valence-electron chi connectivity index (χ4n) is 8.40. The first-order chi connectivity index (χ1) is 29.9. The van der Waals surface area contributed by atoms with Crippen LogP contribution in [0.2, 0.25) is 0 Å². The van der Waals surface area contributed by atoms with Crippen LogP contribution in [0.4, 0.5) is 18.4 Å². The average Bonchev–Trinajstić information content (AvgIpc) is 3.56. The summed E-state index contributed by atoms with van der Waals surface area (Å²) < 4.78 is 37.4. The summed E-state index contributed by atoms with van der Waals surface area (Å²) >= 11 is 0. The van der Waals surface area contributed by atoms with Gasteiger partial charge in [-0.2, -0.15) is 0 Å². The molecule has 12 heteroatoms. The molecule has 0 aliphatic carbocycles. The zero-order chi connectivity index (χ0) is 44.2. The Balaban J connectivity index is 0.000000186. The van der Waals surface area contributed by atoms with Crippen molar-refractivity contribution in [2.24, 2.45) is 0 Å². The molecule has 4 aromatic carbocycles. The molecule has 2 aromatic heterocycles. The highest BCUT2D eigenvalue weighted by atomic mass is 19.1. The highest BCUT2D eigenvalue weighted by Crippen LogP contribution is 2.43. The number of carbonyl (C=O) groups excluding carboxylic acids is 3. The molecule has 0 saturated heterocycles. The molecular formula is C50H48F2N4O6. The molecule has 62 heavy (non-hydrogen) atoms. The molecule has 6 aromatic rings. The van der Waals surface area contributed by atoms with Crippen LogP contribution in [-0.2, 0) is 42.3 Å². The van der Waals surface area contributed by atoms with E-state index in [0.717, 1.165) is 67.9 Å². The minimum atomic E-state index is -0.465. The Morgan fingerprint density at radius 3 is 1.48 bits per heavy atom. The fourth-order valence-corrected chi connectivity index (χ4v) is 8.40. The van der Waals surface area contributed by atoms with Gasteiger partial charge in [0, 0.05) is 44.6 Å². The Hall–Kier alpha value is -6.79. The number of aldehydes is 1. The molecule has 2 amide bonds. The molecule has 0 atom stereocenters. The summed E-state index contributed by atoms with van der Waals surface area (Å²) in [6.07, 6.45) is -0.0971. The maximum atomic E-state index is 13.7. The first kappa shape index (κ1) is 43.3. The normalized spacial score (nSPS) is 12.8. The number of aliphatic hydroxyl groups is 1. The van der Waals surface area contributed by atoms with Gasteiger partial charge in [0.1, 0.15) is 11.6 Å². The topological polar surface area (TPSA) is 122 Å². The van der Waals surface area contributed by atoms with E-state index in [1.807, 2.05) is 76.2 Å². The van der Waals surface area contributed by atoms with Gasteiger partial charge in [-0.3, -0.25) is 24.6 Å². The predicted octanol–water partition coefficient (Wildman–Crippen LogP) is 10.8. The van der Waals surface area contributed by atoms with Crippen molar-refractivity contribution in [2.45, 2.75) is 72.3 Å². The van der Waals surface area contributed by atoms with E-state index in [-0.39, 0.29) is 43.2 Å². The Labute approximate surface area is 359 Å². The largest absolute Gasteiger partial charge is 0.453 e. The number of fused-ring (bicyclic) bond motifs is 6. The standard InChI is InChI=1S/C25H25FN2O3.C25H23FN2O3/c2*1-15(2)23-21(14-29)22(16-8-10-18(26)11-9-16)20-13-28(25(30)31-3)12-17-6-4-5-7-19(17)24(20)27-23/h4-11,15,29H,12-14H2,1-3H3;4-11,14-15H,12-13H2,1-3H3. The summed E-state index contributed by atoms with van der Waals surface area (Å²) in [5.74, 6) is -0.627. The molecule has 2 aliphatic rings. The summed E-state index contributed by atoms with van der Waals surface area (Å²) in [4.78, 5) is 50.5. The second-order valence-electron chi connectivity index (χ2n) is 15.9. The van der Waals surface area contributed by atoms with Gasteiger partial charge in [-0.15, -0.1) is 0 Å². The van der Waals surface area contributed by atoms with E-state index < -0.39 is 12.2 Å². The maximum Gasteiger partial charge on any atom is 0.410 e. The van der Waals surface area contributed by atoms with Gasteiger partial charge in [-0.25, -0.2) is 18.4 Å². The zero-order valence-corrected chi connectivity index (χ0v) is 35.5. The van der Waals surface area contributed by atoms with Gasteiger partial charge in [0.15, 0.2) is 6.29 Å². The molecule has 318 valence electrons. The van der Waals surface area contributed by atoms with Crippen molar-refractivity contribution in [3.8, 4) is 44.8 Å². The predicted molar refractivity (Wildman–Crippen MR) is 233 cm³/mol. The van der Waals surface area contributed by atoms with Gasteiger partial charge in [0.05, 0.1) is 64.1 Å². The van der Waals surface area contributed by atoms with Gasteiger partial charge in [-0.1, -0.05) is 100 Å². The number of halogens is 2. The molecular weight excluding hydrogens is 791 g/mol. The van der Waals surface area contributed by atoms with Crippen LogP contribution in [0.3, 0.4) is 0 Å². The van der Waals surface area contributed by atoms with Crippen molar-refractivity contribution in [2.75, 3.05) is 14.2 Å². The quantitative estimate of drug-likeness (QED) is 0.165. The Morgan fingerprint density at radius 2 is 1.06 bits per heavy atom. The molecule has 8 rings (SSSR count). The van der Waals surface area contributed by atoms with Crippen molar-refractivity contribution in [1.82, 2.24) is 19.8 Å². The number of pyridine rings is 2. The van der Waals surface area contributed by atoms with Crippen LogP contribution in [0, 0.1) is 11.6 Å². The number of hydrogen-bond donors (Lipinski definition) is 1. The SMILES string of the molecule is COC(=O)N1Cc2ccccc2-c2nc(C(C)C)c(C=O)c(-c3ccc(F)cc3)c2C1.COC(=O)N1Cc2ccccc2-c2nc(C(C)C)c(CO)c(-c3ccc(F)cc3)c2C1. The Morgan fingerprint density at radius 1 is 0.645 bits per heavy atom. The number of nitrogens with zero attached hydrogens (tertiary/aromatic N) is 4. The third-order valence-corrected chi connectivity index (χ3v) is 11.3. The molecule has 2 aliphatic heterocycles. The van der Waals surface area contributed by atoms with Gasteiger partial charge >= 0.3 is 12.2 Å². The summed E-state index contributed by atoms with van der Waals surface area (Å²) in [5, 5.41) is 10.3. The molecule has 10 nitrogen and oxygen atoms in total. The lowest BCUT2D eigenvalue weighted by Crippen LogP contribution is -2.29. The second kappa shape index (κ2) is 18.4. The summed E-state index contributed by atoms with van der Waals surface area (Å²) in [7, 11) is 2.71. The molecule has 0 fully saturated rings. The summed E-state index contributed by atoms with van der Waals surface area (Å²) in [5.41, 5.74) is 12.4. The maximum absolute atomic E-state index is 13.7. The van der Waals surface area contributed by atoms with Crippen molar-refractivity contribution < 1.29 is 37.7 Å². The minimum Gasteiger partial charge on any atom is -0.453 e. The van der Waals surface area contributed by atoms with E-state index in [2.05, 4.69) is 0 Å². The first-order valence-electron chi connectivity index (χ1n) is 20.4. The van der Waals surface area contributed by atoms with Gasteiger partial charge in [0.25, 0.3) is 0 Å². The third kappa shape index (κ3) is 8.42.